The van der Waals surface area contributed by atoms with Gasteiger partial charge in [-0.2, -0.15) is 0 Å². The van der Waals surface area contributed by atoms with E-state index in [1.54, 1.807) is 0 Å². The molecule has 0 aliphatic rings. The van der Waals surface area contributed by atoms with Crippen molar-refractivity contribution in [1.29, 1.82) is 0 Å². The third-order valence-corrected chi connectivity index (χ3v) is 3.69. The Morgan fingerprint density at radius 2 is 1.85 bits per heavy atom. The molecule has 0 aliphatic heterocycles. The van der Waals surface area contributed by atoms with Crippen LogP contribution in [0.1, 0.15) is 16.7 Å². The van der Waals surface area contributed by atoms with Crippen LogP contribution >= 0.6 is 0 Å². The van der Waals surface area contributed by atoms with E-state index in [1.165, 1.54) is 27.6 Å². The van der Waals surface area contributed by atoms with Crippen molar-refractivity contribution in [3.05, 3.63) is 59.2 Å². The van der Waals surface area contributed by atoms with E-state index in [-0.39, 0.29) is 0 Å². The van der Waals surface area contributed by atoms with E-state index in [0.29, 0.717) is 0 Å². The molecule has 1 heterocycles. The molecule has 0 spiro atoms. The number of rotatable bonds is 3. The number of aryl methyl sites for hydroxylation is 2. The Bertz CT molecular complexity index is 755. The maximum Gasteiger partial charge on any atom is 0.137 e. The summed E-state index contributed by atoms with van der Waals surface area (Å²) in [7, 11) is 1.96. The Kier molecular flexibility index (Phi) is 3.33. The van der Waals surface area contributed by atoms with Crippen molar-refractivity contribution < 1.29 is 4.42 Å². The van der Waals surface area contributed by atoms with E-state index in [1.807, 2.05) is 7.05 Å². The molecule has 102 valence electrons. The topological polar surface area (TPSA) is 25.2 Å². The first-order valence-corrected chi connectivity index (χ1v) is 6.92. The molecular formula is C18H19NO. The zero-order valence-electron chi connectivity index (χ0n) is 12.2. The summed E-state index contributed by atoms with van der Waals surface area (Å²) in [5, 5.41) is 4.35. The highest BCUT2D eigenvalue weighted by atomic mass is 16.3. The minimum Gasteiger partial charge on any atom is -0.456 e. The van der Waals surface area contributed by atoms with Crippen LogP contribution < -0.4 is 5.32 Å². The third kappa shape index (κ3) is 2.23. The average Bonchev–Trinajstić information content (AvgIpc) is 2.86. The molecular weight excluding hydrogens is 246 g/mol. The summed E-state index contributed by atoms with van der Waals surface area (Å²) in [5.41, 5.74) is 5.85. The molecule has 2 heteroatoms. The maximum absolute atomic E-state index is 6.08. The van der Waals surface area contributed by atoms with Gasteiger partial charge in [0.05, 0.1) is 0 Å². The quantitative estimate of drug-likeness (QED) is 0.757. The van der Waals surface area contributed by atoms with Crippen LogP contribution in [-0.2, 0) is 6.54 Å². The largest absolute Gasteiger partial charge is 0.456 e. The van der Waals surface area contributed by atoms with Crippen LogP contribution in [0.2, 0.25) is 0 Å². The van der Waals surface area contributed by atoms with Gasteiger partial charge in [-0.1, -0.05) is 30.3 Å². The second-order valence-corrected chi connectivity index (χ2v) is 5.28. The van der Waals surface area contributed by atoms with E-state index in [4.69, 9.17) is 4.42 Å². The van der Waals surface area contributed by atoms with E-state index in [2.05, 4.69) is 61.6 Å². The van der Waals surface area contributed by atoms with E-state index >= 15 is 0 Å². The molecule has 0 fully saturated rings. The fourth-order valence-corrected chi connectivity index (χ4v) is 2.59. The van der Waals surface area contributed by atoms with Crippen molar-refractivity contribution in [2.24, 2.45) is 0 Å². The highest BCUT2D eigenvalue weighted by Crippen LogP contribution is 2.32. The van der Waals surface area contributed by atoms with Crippen LogP contribution in [0.25, 0.3) is 22.3 Å². The summed E-state index contributed by atoms with van der Waals surface area (Å²) < 4.78 is 6.08. The normalized spacial score (nSPS) is 11.2. The van der Waals surface area contributed by atoms with Crippen molar-refractivity contribution in [3.63, 3.8) is 0 Å². The van der Waals surface area contributed by atoms with Crippen molar-refractivity contribution >= 4 is 11.0 Å². The highest BCUT2D eigenvalue weighted by Gasteiger charge is 2.10. The molecule has 0 radical (unpaired) electrons. The second kappa shape index (κ2) is 5.14. The van der Waals surface area contributed by atoms with E-state index < -0.39 is 0 Å². The van der Waals surface area contributed by atoms with Crippen LogP contribution in [0.4, 0.5) is 0 Å². The van der Waals surface area contributed by atoms with Crippen molar-refractivity contribution in [2.75, 3.05) is 7.05 Å². The van der Waals surface area contributed by atoms with Gasteiger partial charge in [-0.15, -0.1) is 0 Å². The fourth-order valence-electron chi connectivity index (χ4n) is 2.59. The Balaban J connectivity index is 2.14. The number of hydrogen-bond donors (Lipinski definition) is 1. The molecule has 0 bridgehead atoms. The predicted octanol–water partition coefficient (Wildman–Crippen LogP) is 4.44. The van der Waals surface area contributed by atoms with Crippen molar-refractivity contribution in [3.8, 4) is 11.3 Å². The van der Waals surface area contributed by atoms with Crippen LogP contribution in [0.5, 0.6) is 0 Å². The average molecular weight is 265 g/mol. The molecule has 3 aromatic rings. The molecule has 2 nitrogen and oxygen atoms in total. The molecule has 0 saturated carbocycles. The lowest BCUT2D eigenvalue weighted by Crippen LogP contribution is -2.05. The Hall–Kier alpha value is -2.06. The molecule has 0 unspecified atom stereocenters. The monoisotopic (exact) mass is 265 g/mol. The molecule has 0 amide bonds. The lowest BCUT2D eigenvalue weighted by Gasteiger charge is -2.06. The van der Waals surface area contributed by atoms with Gasteiger partial charge in [0, 0.05) is 17.5 Å². The summed E-state index contributed by atoms with van der Waals surface area (Å²) in [5.74, 6) is 0.949. The van der Waals surface area contributed by atoms with Gasteiger partial charge in [-0.3, -0.25) is 0 Å². The third-order valence-electron chi connectivity index (χ3n) is 3.69. The van der Waals surface area contributed by atoms with Crippen molar-refractivity contribution in [1.82, 2.24) is 5.32 Å². The summed E-state index contributed by atoms with van der Waals surface area (Å²) in [6.45, 7) is 5.07. The van der Waals surface area contributed by atoms with Crippen LogP contribution in [0.3, 0.4) is 0 Å². The molecule has 1 aromatic heterocycles. The van der Waals surface area contributed by atoms with Gasteiger partial charge in [-0.05, 0) is 49.7 Å². The fraction of sp³-hybridized carbons (Fsp3) is 0.222. The lowest BCUT2D eigenvalue weighted by molar-refractivity contribution is 0.628. The molecule has 0 atom stereocenters. The molecule has 2 aromatic carbocycles. The Morgan fingerprint density at radius 3 is 2.60 bits per heavy atom. The van der Waals surface area contributed by atoms with Gasteiger partial charge in [0.1, 0.15) is 11.3 Å². The van der Waals surface area contributed by atoms with Gasteiger partial charge in [0.2, 0.25) is 0 Å². The summed E-state index contributed by atoms with van der Waals surface area (Å²) in [6.07, 6.45) is 0. The minimum absolute atomic E-state index is 0.868. The maximum atomic E-state index is 6.08. The molecule has 0 saturated heterocycles. The number of hydrogen-bond acceptors (Lipinski definition) is 2. The van der Waals surface area contributed by atoms with Crippen LogP contribution in [0.15, 0.2) is 46.9 Å². The van der Waals surface area contributed by atoms with Crippen LogP contribution in [-0.4, -0.2) is 7.05 Å². The number of nitrogens with one attached hydrogen (secondary N) is 1. The lowest BCUT2D eigenvalue weighted by atomic mass is 10.0. The number of para-hydroxylation sites is 1. The van der Waals surface area contributed by atoms with Gasteiger partial charge >= 0.3 is 0 Å². The van der Waals surface area contributed by atoms with Crippen LogP contribution in [0, 0.1) is 13.8 Å². The first-order chi connectivity index (χ1) is 9.69. The summed E-state index contributed by atoms with van der Waals surface area (Å²) in [6, 6.07) is 14.9. The zero-order chi connectivity index (χ0) is 14.1. The molecule has 3 rings (SSSR count). The molecule has 1 N–H and O–H groups in total. The first-order valence-electron chi connectivity index (χ1n) is 6.92. The van der Waals surface area contributed by atoms with E-state index in [9.17, 15) is 0 Å². The zero-order valence-corrected chi connectivity index (χ0v) is 12.2. The first kappa shape index (κ1) is 12.9. The number of furan rings is 1. The Morgan fingerprint density at radius 1 is 1.00 bits per heavy atom. The van der Waals surface area contributed by atoms with E-state index in [0.717, 1.165) is 17.9 Å². The Labute approximate surface area is 119 Å². The standard InChI is InChI=1S/C18H19NO/c1-12-7-8-14(11-19-3)9-16(12)17-10-15-6-4-5-13(2)18(15)20-17/h4-10,19H,11H2,1-3H3. The summed E-state index contributed by atoms with van der Waals surface area (Å²) in [4.78, 5) is 0. The molecule has 0 aliphatic carbocycles. The second-order valence-electron chi connectivity index (χ2n) is 5.28. The number of benzene rings is 2. The molecule has 20 heavy (non-hydrogen) atoms. The number of fused-ring (bicyclic) bond motifs is 1. The van der Waals surface area contributed by atoms with Gasteiger partial charge in [-0.25, -0.2) is 0 Å². The minimum atomic E-state index is 0.868. The van der Waals surface area contributed by atoms with Crippen molar-refractivity contribution in [2.45, 2.75) is 20.4 Å². The van der Waals surface area contributed by atoms with Gasteiger partial charge in [0.15, 0.2) is 0 Å². The van der Waals surface area contributed by atoms with Gasteiger partial charge < -0.3 is 9.73 Å². The SMILES string of the molecule is CNCc1ccc(C)c(-c2cc3cccc(C)c3o2)c1. The highest BCUT2D eigenvalue weighted by molar-refractivity contribution is 5.85. The smallest absolute Gasteiger partial charge is 0.137 e. The predicted molar refractivity (Wildman–Crippen MR) is 83.9 cm³/mol. The summed E-state index contributed by atoms with van der Waals surface area (Å²) >= 11 is 0. The van der Waals surface area contributed by atoms with Gasteiger partial charge in [0.25, 0.3) is 0 Å².